The van der Waals surface area contributed by atoms with E-state index in [1.54, 1.807) is 0 Å². The van der Waals surface area contributed by atoms with Gasteiger partial charge in [-0.05, 0) is 72.4 Å². The molecule has 0 radical (unpaired) electrons. The number of aryl methyl sites for hydroxylation is 2. The van der Waals surface area contributed by atoms with Gasteiger partial charge in [0.25, 0.3) is 0 Å². The summed E-state index contributed by atoms with van der Waals surface area (Å²) in [5.74, 6) is 1.18. The average Bonchev–Trinajstić information content (AvgIpc) is 2.75. The van der Waals surface area contributed by atoms with E-state index in [-0.39, 0.29) is 10.8 Å². The van der Waals surface area contributed by atoms with Crippen molar-refractivity contribution in [1.82, 2.24) is 0 Å². The summed E-state index contributed by atoms with van der Waals surface area (Å²) in [6.07, 6.45) is 2.22. The molecule has 128 valence electrons. The molecule has 3 rings (SSSR count). The van der Waals surface area contributed by atoms with Gasteiger partial charge < -0.3 is 10.2 Å². The van der Waals surface area contributed by atoms with Gasteiger partial charge in [-0.1, -0.05) is 45.0 Å². The fraction of sp³-hybridized carbons (Fsp3) is 0.455. The molecule has 0 bridgehead atoms. The lowest BCUT2D eigenvalue weighted by Gasteiger charge is -2.37. The third kappa shape index (κ3) is 2.58. The Morgan fingerprint density at radius 2 is 1.33 bits per heavy atom. The van der Waals surface area contributed by atoms with Gasteiger partial charge in [-0.3, -0.25) is 0 Å². The monoisotopic (exact) mass is 324 g/mol. The Morgan fingerprint density at radius 3 is 1.67 bits per heavy atom. The molecule has 1 unspecified atom stereocenters. The second-order valence-corrected chi connectivity index (χ2v) is 8.42. The van der Waals surface area contributed by atoms with Crippen molar-refractivity contribution in [2.45, 2.75) is 52.9 Å². The fourth-order valence-electron chi connectivity index (χ4n) is 4.81. The second-order valence-electron chi connectivity index (χ2n) is 8.42. The first-order chi connectivity index (χ1) is 11.2. The summed E-state index contributed by atoms with van der Waals surface area (Å²) in [7, 11) is 0. The van der Waals surface area contributed by atoms with Crippen molar-refractivity contribution in [3.63, 3.8) is 0 Å². The molecule has 1 fully saturated rings. The Bertz CT molecular complexity index is 722. The molecule has 1 aliphatic rings. The molecule has 0 amide bonds. The van der Waals surface area contributed by atoms with Gasteiger partial charge in [0.05, 0.1) is 0 Å². The molecule has 0 aromatic heterocycles. The number of phenolic OH excluding ortho intramolecular Hbond substituents is 2. The van der Waals surface area contributed by atoms with Crippen LogP contribution in [0.4, 0.5) is 0 Å². The van der Waals surface area contributed by atoms with Crippen LogP contribution in [0.25, 0.3) is 0 Å². The smallest absolute Gasteiger partial charge is 0.118 e. The van der Waals surface area contributed by atoms with Crippen molar-refractivity contribution in [3.05, 3.63) is 58.7 Å². The van der Waals surface area contributed by atoms with Gasteiger partial charge in [0.2, 0.25) is 0 Å². The minimum absolute atomic E-state index is 0.0829. The number of hydrogen-bond donors (Lipinski definition) is 2. The van der Waals surface area contributed by atoms with E-state index in [9.17, 15) is 10.2 Å². The molecule has 1 saturated carbocycles. The molecule has 2 aromatic carbocycles. The highest BCUT2D eigenvalue weighted by molar-refractivity contribution is 5.49. The summed E-state index contributed by atoms with van der Waals surface area (Å²) in [5, 5.41) is 19.9. The zero-order valence-corrected chi connectivity index (χ0v) is 15.4. The van der Waals surface area contributed by atoms with Crippen LogP contribution in [-0.2, 0) is 5.41 Å². The first-order valence-corrected chi connectivity index (χ1v) is 8.76. The molecular weight excluding hydrogens is 296 g/mol. The SMILES string of the molecule is Cc1cc(C2(c3ccc(O)c(C)c3)CC(C)(C)CC2C)ccc1O. The van der Waals surface area contributed by atoms with Gasteiger partial charge in [0.15, 0.2) is 0 Å². The Balaban J connectivity index is 2.25. The highest BCUT2D eigenvalue weighted by Gasteiger charge is 2.50. The maximum atomic E-state index is 9.96. The molecular formula is C22H28O2. The normalized spacial score (nSPS) is 21.8. The zero-order chi connectivity index (χ0) is 17.7. The largest absolute Gasteiger partial charge is 0.508 e. The topological polar surface area (TPSA) is 40.5 Å². The van der Waals surface area contributed by atoms with Gasteiger partial charge in [0, 0.05) is 5.41 Å². The molecule has 0 saturated heterocycles. The van der Waals surface area contributed by atoms with Gasteiger partial charge >= 0.3 is 0 Å². The predicted molar refractivity (Wildman–Crippen MR) is 98.6 cm³/mol. The maximum Gasteiger partial charge on any atom is 0.118 e. The molecule has 24 heavy (non-hydrogen) atoms. The average molecular weight is 324 g/mol. The van der Waals surface area contributed by atoms with Gasteiger partial charge in [-0.15, -0.1) is 0 Å². The lowest BCUT2D eigenvalue weighted by Crippen LogP contribution is -2.31. The third-order valence-corrected chi connectivity index (χ3v) is 5.88. The van der Waals surface area contributed by atoms with E-state index >= 15 is 0 Å². The summed E-state index contributed by atoms with van der Waals surface area (Å²) in [4.78, 5) is 0. The van der Waals surface area contributed by atoms with Crippen LogP contribution in [-0.4, -0.2) is 10.2 Å². The molecule has 2 nitrogen and oxygen atoms in total. The maximum absolute atomic E-state index is 9.96. The molecule has 2 heteroatoms. The van der Waals surface area contributed by atoms with E-state index < -0.39 is 0 Å². The number of aromatic hydroxyl groups is 2. The number of hydrogen-bond acceptors (Lipinski definition) is 2. The van der Waals surface area contributed by atoms with Crippen LogP contribution in [0.1, 0.15) is 55.9 Å². The van der Waals surface area contributed by atoms with Crippen LogP contribution in [0, 0.1) is 25.2 Å². The van der Waals surface area contributed by atoms with Crippen LogP contribution in [0.15, 0.2) is 36.4 Å². The zero-order valence-electron chi connectivity index (χ0n) is 15.4. The predicted octanol–water partition coefficient (Wildman–Crippen LogP) is 5.46. The number of benzene rings is 2. The van der Waals surface area contributed by atoms with E-state index in [2.05, 4.69) is 45.0 Å². The summed E-state index contributed by atoms with van der Waals surface area (Å²) in [6.45, 7) is 10.9. The van der Waals surface area contributed by atoms with E-state index in [0.717, 1.165) is 24.0 Å². The summed E-state index contributed by atoms with van der Waals surface area (Å²) < 4.78 is 0. The Labute approximate surface area is 145 Å². The van der Waals surface area contributed by atoms with Crippen LogP contribution in [0.3, 0.4) is 0 Å². The van der Waals surface area contributed by atoms with E-state index in [1.807, 2.05) is 26.0 Å². The highest BCUT2D eigenvalue weighted by atomic mass is 16.3. The molecule has 0 heterocycles. The van der Waals surface area contributed by atoms with Crippen molar-refractivity contribution < 1.29 is 10.2 Å². The van der Waals surface area contributed by atoms with Crippen molar-refractivity contribution in [2.75, 3.05) is 0 Å². The van der Waals surface area contributed by atoms with Gasteiger partial charge in [-0.2, -0.15) is 0 Å². The molecule has 2 N–H and O–H groups in total. The third-order valence-electron chi connectivity index (χ3n) is 5.88. The lowest BCUT2D eigenvalue weighted by molar-refractivity contribution is 0.356. The molecule has 0 spiro atoms. The Kier molecular flexibility index (Phi) is 3.90. The van der Waals surface area contributed by atoms with Crippen molar-refractivity contribution in [2.24, 2.45) is 11.3 Å². The van der Waals surface area contributed by atoms with Crippen molar-refractivity contribution >= 4 is 0 Å². The lowest BCUT2D eigenvalue weighted by atomic mass is 9.67. The first kappa shape index (κ1) is 16.9. The minimum Gasteiger partial charge on any atom is -0.508 e. The van der Waals surface area contributed by atoms with Crippen molar-refractivity contribution in [3.8, 4) is 11.5 Å². The van der Waals surface area contributed by atoms with E-state index in [0.29, 0.717) is 17.4 Å². The van der Waals surface area contributed by atoms with Crippen LogP contribution in [0.2, 0.25) is 0 Å². The van der Waals surface area contributed by atoms with Crippen LogP contribution >= 0.6 is 0 Å². The number of phenols is 2. The van der Waals surface area contributed by atoms with E-state index in [1.165, 1.54) is 11.1 Å². The van der Waals surface area contributed by atoms with Crippen molar-refractivity contribution in [1.29, 1.82) is 0 Å². The van der Waals surface area contributed by atoms with Gasteiger partial charge in [-0.25, -0.2) is 0 Å². The summed E-state index contributed by atoms with van der Waals surface area (Å²) in [6, 6.07) is 12.0. The quantitative estimate of drug-likeness (QED) is 0.770. The summed E-state index contributed by atoms with van der Waals surface area (Å²) in [5.41, 5.74) is 4.54. The molecule has 1 aliphatic carbocycles. The molecule has 1 atom stereocenters. The Morgan fingerprint density at radius 1 is 0.875 bits per heavy atom. The first-order valence-electron chi connectivity index (χ1n) is 8.76. The Hall–Kier alpha value is -1.96. The standard InChI is InChI=1S/C22H28O2/c1-14-10-17(6-8-19(14)23)22(13-21(4,5)12-16(22)3)18-7-9-20(24)15(2)11-18/h6-11,16,23-24H,12-13H2,1-5H3. The fourth-order valence-corrected chi connectivity index (χ4v) is 4.81. The summed E-state index contributed by atoms with van der Waals surface area (Å²) >= 11 is 0. The molecule has 2 aromatic rings. The van der Waals surface area contributed by atoms with E-state index in [4.69, 9.17) is 0 Å². The number of rotatable bonds is 2. The second kappa shape index (κ2) is 5.54. The van der Waals surface area contributed by atoms with Crippen LogP contribution in [0.5, 0.6) is 11.5 Å². The highest BCUT2D eigenvalue weighted by Crippen LogP contribution is 2.58. The molecule has 0 aliphatic heterocycles. The van der Waals surface area contributed by atoms with Crippen LogP contribution < -0.4 is 0 Å². The van der Waals surface area contributed by atoms with Gasteiger partial charge in [0.1, 0.15) is 11.5 Å². The minimum atomic E-state index is -0.0829.